The number of rotatable bonds is 37. The van der Waals surface area contributed by atoms with Crippen molar-refractivity contribution in [1.82, 2.24) is 5.32 Å². The zero-order valence-electron chi connectivity index (χ0n) is 32.5. The summed E-state index contributed by atoms with van der Waals surface area (Å²) >= 11 is 0. The second-order valence-electron chi connectivity index (χ2n) is 14.3. The van der Waals surface area contributed by atoms with Gasteiger partial charge in [-0.05, 0) is 57.8 Å². The van der Waals surface area contributed by atoms with E-state index in [1.54, 1.807) is 6.08 Å². The summed E-state index contributed by atoms with van der Waals surface area (Å²) in [5.41, 5.74) is 0. The molecule has 0 aromatic rings. The van der Waals surface area contributed by atoms with Gasteiger partial charge in [0.15, 0.2) is 0 Å². The number of aliphatic hydroxyl groups excluding tert-OH is 1. The SMILES string of the molecule is CCCCCCC/C=C\C/C=C\C/C=C\CCCCCCCCCCC(=O)NC(CS(=O)(=O)O)C(O)/C=C/CCCCCCCCCCCC. The minimum absolute atomic E-state index is 0.286. The normalized spacial score (nSPS) is 13.8. The van der Waals surface area contributed by atoms with E-state index in [1.807, 2.05) is 6.08 Å². The molecular weight excluding hydrogens is 643 g/mol. The minimum Gasteiger partial charge on any atom is -0.387 e. The van der Waals surface area contributed by atoms with Gasteiger partial charge in [0.25, 0.3) is 10.1 Å². The Balaban J connectivity index is 3.89. The molecule has 0 aromatic carbocycles. The molecule has 0 radical (unpaired) electrons. The summed E-state index contributed by atoms with van der Waals surface area (Å²) < 4.78 is 32.4. The van der Waals surface area contributed by atoms with Crippen molar-refractivity contribution in [2.24, 2.45) is 0 Å². The van der Waals surface area contributed by atoms with E-state index in [9.17, 15) is 22.9 Å². The molecular formula is C43H79NO5S. The number of hydrogen-bond donors (Lipinski definition) is 3. The van der Waals surface area contributed by atoms with Crippen LogP contribution >= 0.6 is 0 Å². The molecule has 0 saturated carbocycles. The van der Waals surface area contributed by atoms with Gasteiger partial charge in [0, 0.05) is 6.42 Å². The van der Waals surface area contributed by atoms with Crippen molar-refractivity contribution in [1.29, 1.82) is 0 Å². The summed E-state index contributed by atoms with van der Waals surface area (Å²) in [5, 5.41) is 13.2. The minimum atomic E-state index is -4.34. The molecule has 2 unspecified atom stereocenters. The first kappa shape index (κ1) is 48.3. The van der Waals surface area contributed by atoms with Crippen LogP contribution in [0.5, 0.6) is 0 Å². The summed E-state index contributed by atoms with van der Waals surface area (Å²) in [4.78, 5) is 12.5. The molecule has 1 amide bonds. The molecule has 3 N–H and O–H groups in total. The van der Waals surface area contributed by atoms with E-state index in [0.29, 0.717) is 0 Å². The van der Waals surface area contributed by atoms with Crippen LogP contribution in [0.3, 0.4) is 0 Å². The summed E-state index contributed by atoms with van der Waals surface area (Å²) in [7, 11) is -4.34. The first-order valence-corrected chi connectivity index (χ1v) is 22.4. The number of carbonyl (C=O) groups excluding carboxylic acids is 1. The van der Waals surface area contributed by atoms with E-state index in [1.165, 1.54) is 116 Å². The molecule has 0 aliphatic heterocycles. The Morgan fingerprint density at radius 3 is 1.32 bits per heavy atom. The lowest BCUT2D eigenvalue weighted by Crippen LogP contribution is -2.46. The number of unbranched alkanes of at least 4 members (excludes halogenated alkanes) is 23. The zero-order chi connectivity index (χ0) is 36.8. The van der Waals surface area contributed by atoms with Crippen LogP contribution in [-0.2, 0) is 14.9 Å². The molecule has 0 aliphatic carbocycles. The zero-order valence-corrected chi connectivity index (χ0v) is 33.3. The topological polar surface area (TPSA) is 104 Å². The van der Waals surface area contributed by atoms with Crippen molar-refractivity contribution < 1.29 is 22.9 Å². The molecule has 0 aliphatic rings. The quantitative estimate of drug-likeness (QED) is 0.0336. The summed E-state index contributed by atoms with van der Waals surface area (Å²) in [6.07, 6.45) is 49.5. The van der Waals surface area contributed by atoms with Crippen molar-refractivity contribution in [3.8, 4) is 0 Å². The Labute approximate surface area is 309 Å². The number of aliphatic hydroxyl groups is 1. The Morgan fingerprint density at radius 2 is 0.900 bits per heavy atom. The fourth-order valence-corrected chi connectivity index (χ4v) is 6.84. The molecule has 0 heterocycles. The third-order valence-corrected chi connectivity index (χ3v) is 10.0. The van der Waals surface area contributed by atoms with E-state index in [0.717, 1.165) is 64.2 Å². The third kappa shape index (κ3) is 37.6. The predicted octanol–water partition coefficient (Wildman–Crippen LogP) is 12.3. The molecule has 0 fully saturated rings. The Kier molecular flexibility index (Phi) is 35.8. The van der Waals surface area contributed by atoms with Gasteiger partial charge >= 0.3 is 0 Å². The number of allylic oxidation sites excluding steroid dienone is 7. The van der Waals surface area contributed by atoms with Crippen LogP contribution in [0.15, 0.2) is 48.6 Å². The number of nitrogens with one attached hydrogen (secondary N) is 1. The van der Waals surface area contributed by atoms with Gasteiger partial charge in [-0.1, -0.05) is 184 Å². The molecule has 0 saturated heterocycles. The van der Waals surface area contributed by atoms with Crippen molar-refractivity contribution in [3.63, 3.8) is 0 Å². The third-order valence-electron chi connectivity index (χ3n) is 9.25. The van der Waals surface area contributed by atoms with Crippen LogP contribution in [0.25, 0.3) is 0 Å². The van der Waals surface area contributed by atoms with Gasteiger partial charge in [-0.3, -0.25) is 9.35 Å². The highest BCUT2D eigenvalue weighted by Crippen LogP contribution is 2.13. The Morgan fingerprint density at radius 1 is 0.540 bits per heavy atom. The number of hydrogen-bond acceptors (Lipinski definition) is 4. The highest BCUT2D eigenvalue weighted by atomic mass is 32.2. The largest absolute Gasteiger partial charge is 0.387 e. The molecule has 0 spiro atoms. The van der Waals surface area contributed by atoms with E-state index in [-0.39, 0.29) is 12.3 Å². The molecule has 7 heteroatoms. The first-order valence-electron chi connectivity index (χ1n) is 20.8. The van der Waals surface area contributed by atoms with Gasteiger partial charge in [-0.2, -0.15) is 8.42 Å². The van der Waals surface area contributed by atoms with Gasteiger partial charge in [0.1, 0.15) is 0 Å². The van der Waals surface area contributed by atoms with Crippen molar-refractivity contribution in [2.75, 3.05) is 5.75 Å². The molecule has 0 aromatic heterocycles. The fourth-order valence-electron chi connectivity index (χ4n) is 6.10. The second kappa shape index (κ2) is 37.1. The van der Waals surface area contributed by atoms with E-state index in [4.69, 9.17) is 0 Å². The maximum Gasteiger partial charge on any atom is 0.267 e. The highest BCUT2D eigenvalue weighted by molar-refractivity contribution is 7.85. The molecule has 0 bridgehead atoms. The van der Waals surface area contributed by atoms with Crippen LogP contribution in [0.2, 0.25) is 0 Å². The maximum absolute atomic E-state index is 12.5. The molecule has 292 valence electrons. The average Bonchev–Trinajstić information content (AvgIpc) is 3.08. The standard InChI is InChI=1S/C43H79NO5S/c1-3-5-7-9-11-13-15-17-18-19-20-21-22-23-24-25-26-27-29-31-33-35-37-39-43(46)44-41(40-50(47,48)49)42(45)38-36-34-32-30-28-16-14-12-10-8-6-4-2/h15,17,19-20,22-23,36,38,41-42,45H,3-14,16,18,21,24-35,37,39-40H2,1-2H3,(H,44,46)(H,47,48,49)/b17-15-,20-19-,23-22-,38-36+. The van der Waals surface area contributed by atoms with E-state index < -0.39 is 28.0 Å². The Hall–Kier alpha value is -1.70. The van der Waals surface area contributed by atoms with Crippen LogP contribution in [0.1, 0.15) is 200 Å². The van der Waals surface area contributed by atoms with Crippen molar-refractivity contribution >= 4 is 16.0 Å². The number of carbonyl (C=O) groups is 1. The second-order valence-corrected chi connectivity index (χ2v) is 15.8. The van der Waals surface area contributed by atoms with E-state index in [2.05, 4.69) is 55.6 Å². The lowest BCUT2D eigenvalue weighted by molar-refractivity contribution is -0.122. The first-order chi connectivity index (χ1) is 24.3. The van der Waals surface area contributed by atoms with Crippen molar-refractivity contribution in [2.45, 2.75) is 212 Å². The van der Waals surface area contributed by atoms with Crippen LogP contribution in [0.4, 0.5) is 0 Å². The fraction of sp³-hybridized carbons (Fsp3) is 0.791. The van der Waals surface area contributed by atoms with Crippen LogP contribution < -0.4 is 5.32 Å². The average molecular weight is 722 g/mol. The predicted molar refractivity (Wildman–Crippen MR) is 216 cm³/mol. The van der Waals surface area contributed by atoms with Gasteiger partial charge in [-0.25, -0.2) is 0 Å². The van der Waals surface area contributed by atoms with E-state index >= 15 is 0 Å². The van der Waals surface area contributed by atoms with Crippen LogP contribution in [0, 0.1) is 0 Å². The number of amides is 1. The highest BCUT2D eigenvalue weighted by Gasteiger charge is 2.24. The molecule has 2 atom stereocenters. The lowest BCUT2D eigenvalue weighted by atomic mass is 10.1. The van der Waals surface area contributed by atoms with Gasteiger partial charge in [-0.15, -0.1) is 0 Å². The lowest BCUT2D eigenvalue weighted by Gasteiger charge is -2.21. The Bertz CT molecular complexity index is 972. The summed E-state index contributed by atoms with van der Waals surface area (Å²) in [6, 6.07) is -1.06. The molecule has 0 rings (SSSR count). The van der Waals surface area contributed by atoms with Gasteiger partial charge < -0.3 is 10.4 Å². The van der Waals surface area contributed by atoms with Crippen molar-refractivity contribution in [3.05, 3.63) is 48.6 Å². The molecule has 6 nitrogen and oxygen atoms in total. The molecule has 50 heavy (non-hydrogen) atoms. The maximum atomic E-state index is 12.5. The smallest absolute Gasteiger partial charge is 0.267 e. The van der Waals surface area contributed by atoms with Crippen LogP contribution in [-0.4, -0.2) is 41.9 Å². The summed E-state index contributed by atoms with van der Waals surface area (Å²) in [6.45, 7) is 4.49. The van der Waals surface area contributed by atoms with Gasteiger partial charge in [0.05, 0.1) is 17.9 Å². The van der Waals surface area contributed by atoms with Gasteiger partial charge in [0.2, 0.25) is 5.91 Å². The summed E-state index contributed by atoms with van der Waals surface area (Å²) in [5.74, 6) is -0.989. The monoisotopic (exact) mass is 722 g/mol.